The van der Waals surface area contributed by atoms with Crippen LogP contribution in [0.25, 0.3) is 10.9 Å². The third-order valence-corrected chi connectivity index (χ3v) is 5.52. The molecule has 3 nitrogen and oxygen atoms in total. The van der Waals surface area contributed by atoms with Crippen LogP contribution in [0.1, 0.15) is 29.0 Å². The zero-order valence-electron chi connectivity index (χ0n) is 15.5. The van der Waals surface area contributed by atoms with Crippen molar-refractivity contribution >= 4 is 22.5 Å². The Kier molecular flexibility index (Phi) is 4.16. The van der Waals surface area contributed by atoms with Crippen LogP contribution in [0.5, 0.6) is 0 Å². The quantitative estimate of drug-likeness (QED) is 0.498. The van der Waals surface area contributed by atoms with Crippen LogP contribution in [0.15, 0.2) is 72.9 Å². The van der Waals surface area contributed by atoms with Gasteiger partial charge in [-0.05, 0) is 41.0 Å². The summed E-state index contributed by atoms with van der Waals surface area (Å²) in [5, 5.41) is 3.92. The van der Waals surface area contributed by atoms with E-state index in [2.05, 4.69) is 22.0 Å². The fourth-order valence-electron chi connectivity index (χ4n) is 4.19. The smallest absolute Gasteiger partial charge is 0.225 e. The van der Waals surface area contributed by atoms with E-state index < -0.39 is 11.6 Å². The average molecular weight is 388 g/mol. The van der Waals surface area contributed by atoms with Crippen molar-refractivity contribution in [2.75, 3.05) is 5.32 Å². The molecule has 1 aliphatic heterocycles. The summed E-state index contributed by atoms with van der Waals surface area (Å²) in [6.45, 7) is 0.680. The summed E-state index contributed by atoms with van der Waals surface area (Å²) < 4.78 is 29.6. The predicted octanol–water partition coefficient (Wildman–Crippen LogP) is 5.44. The molecule has 0 saturated carbocycles. The maximum Gasteiger partial charge on any atom is 0.225 e. The molecule has 144 valence electrons. The molecule has 3 aromatic carbocycles. The Hall–Kier alpha value is -3.47. The Morgan fingerprint density at radius 1 is 0.966 bits per heavy atom. The Morgan fingerprint density at radius 3 is 2.59 bits per heavy atom. The van der Waals surface area contributed by atoms with Gasteiger partial charge in [-0.2, -0.15) is 0 Å². The van der Waals surface area contributed by atoms with Crippen molar-refractivity contribution in [1.82, 2.24) is 4.57 Å². The number of nitrogens with zero attached hydrogens (tertiary/aromatic N) is 1. The second-order valence-electron chi connectivity index (χ2n) is 7.38. The summed E-state index contributed by atoms with van der Waals surface area (Å²) in [7, 11) is 0. The number of carbonyl (C=O) groups is 1. The normalized spacial score (nSPS) is 15.9. The lowest BCUT2D eigenvalue weighted by atomic mass is 9.88. The van der Waals surface area contributed by atoms with Crippen LogP contribution in [0.4, 0.5) is 14.5 Å². The van der Waals surface area contributed by atoms with Gasteiger partial charge in [0.1, 0.15) is 0 Å². The van der Waals surface area contributed by atoms with Crippen LogP contribution < -0.4 is 5.32 Å². The number of hydrogen-bond donors (Lipinski definition) is 1. The maximum absolute atomic E-state index is 13.9. The lowest BCUT2D eigenvalue weighted by Crippen LogP contribution is -2.14. The van der Waals surface area contributed by atoms with Gasteiger partial charge in [-0.15, -0.1) is 0 Å². The highest BCUT2D eigenvalue weighted by atomic mass is 19.2. The van der Waals surface area contributed by atoms with E-state index in [9.17, 15) is 13.6 Å². The first-order valence-electron chi connectivity index (χ1n) is 9.50. The first-order valence-corrected chi connectivity index (χ1v) is 9.50. The van der Waals surface area contributed by atoms with E-state index >= 15 is 0 Å². The van der Waals surface area contributed by atoms with Gasteiger partial charge < -0.3 is 9.88 Å². The lowest BCUT2D eigenvalue weighted by molar-refractivity contribution is -0.116. The Balaban J connectivity index is 1.70. The van der Waals surface area contributed by atoms with Crippen molar-refractivity contribution in [2.45, 2.75) is 18.9 Å². The van der Waals surface area contributed by atoms with Crippen molar-refractivity contribution in [1.29, 1.82) is 0 Å². The van der Waals surface area contributed by atoms with E-state index in [1.54, 1.807) is 6.07 Å². The second kappa shape index (κ2) is 6.85. The first kappa shape index (κ1) is 17.6. The fraction of sp³-hybridized carbons (Fsp3) is 0.125. The van der Waals surface area contributed by atoms with E-state index in [1.807, 2.05) is 42.6 Å². The van der Waals surface area contributed by atoms with Crippen LogP contribution in [-0.2, 0) is 11.3 Å². The minimum absolute atomic E-state index is 0.141. The predicted molar refractivity (Wildman–Crippen MR) is 109 cm³/mol. The van der Waals surface area contributed by atoms with Crippen LogP contribution in [0.3, 0.4) is 0 Å². The molecule has 0 fully saturated rings. The van der Waals surface area contributed by atoms with Gasteiger partial charge in [0.2, 0.25) is 5.91 Å². The van der Waals surface area contributed by atoms with E-state index in [4.69, 9.17) is 0 Å². The SMILES string of the molecule is O=C1C[C@@H](c2ccc(F)c(F)c2)c2cn(Cc3ccccc3)c3cccc(c23)N1. The van der Waals surface area contributed by atoms with Gasteiger partial charge in [-0.25, -0.2) is 8.78 Å². The van der Waals surface area contributed by atoms with E-state index in [0.29, 0.717) is 12.1 Å². The van der Waals surface area contributed by atoms with Crippen LogP contribution in [-0.4, -0.2) is 10.5 Å². The Morgan fingerprint density at radius 2 is 1.79 bits per heavy atom. The molecule has 1 N–H and O–H groups in total. The lowest BCUT2D eigenvalue weighted by Gasteiger charge is -2.14. The highest BCUT2D eigenvalue weighted by molar-refractivity contribution is 6.06. The molecule has 1 amide bonds. The number of carbonyl (C=O) groups excluding carboxylic acids is 1. The molecule has 1 atom stereocenters. The van der Waals surface area contributed by atoms with Crippen LogP contribution in [0, 0.1) is 11.6 Å². The summed E-state index contributed by atoms with van der Waals surface area (Å²) in [5.74, 6) is -2.29. The number of nitrogens with one attached hydrogen (secondary N) is 1. The summed E-state index contributed by atoms with van der Waals surface area (Å²) in [6, 6.07) is 19.8. The maximum atomic E-state index is 13.9. The minimum atomic E-state index is -0.902. The van der Waals surface area contributed by atoms with Gasteiger partial charge in [-0.1, -0.05) is 42.5 Å². The molecule has 0 unspecified atom stereocenters. The molecular weight excluding hydrogens is 370 g/mol. The average Bonchev–Trinajstić information content (AvgIpc) is 3.01. The molecule has 2 heterocycles. The topological polar surface area (TPSA) is 34.0 Å². The molecule has 0 radical (unpaired) electrons. The number of amides is 1. The zero-order valence-corrected chi connectivity index (χ0v) is 15.5. The fourth-order valence-corrected chi connectivity index (χ4v) is 4.19. The zero-order chi connectivity index (χ0) is 20.0. The Labute approximate surface area is 166 Å². The number of aromatic nitrogens is 1. The van der Waals surface area contributed by atoms with Crippen molar-refractivity contribution in [2.24, 2.45) is 0 Å². The van der Waals surface area contributed by atoms with Gasteiger partial charge in [0.25, 0.3) is 0 Å². The first-order chi connectivity index (χ1) is 14.1. The molecule has 1 aliphatic rings. The van der Waals surface area contributed by atoms with E-state index in [1.165, 1.54) is 6.07 Å². The third-order valence-electron chi connectivity index (χ3n) is 5.52. The van der Waals surface area contributed by atoms with Crippen molar-refractivity contribution in [3.05, 3.63) is 101 Å². The molecule has 0 aliphatic carbocycles. The van der Waals surface area contributed by atoms with Crippen LogP contribution >= 0.6 is 0 Å². The molecule has 0 saturated heterocycles. The molecular formula is C24H18F2N2O. The van der Waals surface area contributed by atoms with Crippen molar-refractivity contribution in [3.63, 3.8) is 0 Å². The molecule has 4 aromatic rings. The molecule has 0 bridgehead atoms. The number of rotatable bonds is 3. The number of benzene rings is 3. The molecule has 5 rings (SSSR count). The van der Waals surface area contributed by atoms with Crippen molar-refractivity contribution < 1.29 is 13.6 Å². The summed E-state index contributed by atoms with van der Waals surface area (Å²) >= 11 is 0. The molecule has 5 heteroatoms. The molecule has 1 aromatic heterocycles. The highest BCUT2D eigenvalue weighted by Crippen LogP contribution is 2.41. The molecule has 29 heavy (non-hydrogen) atoms. The van der Waals surface area contributed by atoms with Gasteiger partial charge >= 0.3 is 0 Å². The largest absolute Gasteiger partial charge is 0.343 e. The number of hydrogen-bond acceptors (Lipinski definition) is 1. The third kappa shape index (κ3) is 3.09. The summed E-state index contributed by atoms with van der Waals surface area (Å²) in [6.07, 6.45) is 2.21. The van der Waals surface area contributed by atoms with Gasteiger partial charge in [0, 0.05) is 30.5 Å². The Bertz CT molecular complexity index is 1230. The summed E-state index contributed by atoms with van der Waals surface area (Å²) in [4.78, 5) is 12.5. The summed E-state index contributed by atoms with van der Waals surface area (Å²) in [5.41, 5.74) is 4.44. The van der Waals surface area contributed by atoms with Gasteiger partial charge in [0.05, 0.1) is 11.2 Å². The van der Waals surface area contributed by atoms with Crippen molar-refractivity contribution in [3.8, 4) is 0 Å². The van der Waals surface area contributed by atoms with E-state index in [-0.39, 0.29) is 18.2 Å². The minimum Gasteiger partial charge on any atom is -0.343 e. The van der Waals surface area contributed by atoms with Gasteiger partial charge in [-0.3, -0.25) is 4.79 Å². The highest BCUT2D eigenvalue weighted by Gasteiger charge is 2.28. The number of anilines is 1. The standard InChI is InChI=1S/C24H18F2N2O/c25-19-10-9-16(11-20(19)26)17-12-23(29)27-21-7-4-8-22-24(21)18(17)14-28(22)13-15-5-2-1-3-6-15/h1-11,14,17H,12-13H2,(H,27,29)/t17-/m0/s1. The monoisotopic (exact) mass is 388 g/mol. The van der Waals surface area contributed by atoms with Gasteiger partial charge in [0.15, 0.2) is 11.6 Å². The van der Waals surface area contributed by atoms with E-state index in [0.717, 1.165) is 33.8 Å². The second-order valence-corrected chi connectivity index (χ2v) is 7.38. The molecule has 0 spiro atoms. The van der Waals surface area contributed by atoms with Crippen LogP contribution in [0.2, 0.25) is 0 Å². The number of halogens is 2.